The Morgan fingerprint density at radius 1 is 0.955 bits per heavy atom. The molecule has 0 spiro atoms. The number of phenols is 1. The van der Waals surface area contributed by atoms with Crippen molar-refractivity contribution in [2.45, 2.75) is 55.3 Å². The summed E-state index contributed by atoms with van der Waals surface area (Å²) in [6.07, 6.45) is -10.9. The van der Waals surface area contributed by atoms with Crippen LogP contribution in [0.1, 0.15) is 5.56 Å². The summed E-state index contributed by atoms with van der Waals surface area (Å²) in [5.41, 5.74) is -1.74. The van der Waals surface area contributed by atoms with Gasteiger partial charge in [-0.3, -0.25) is 0 Å². The fourth-order valence-electron chi connectivity index (χ4n) is 4.96. The minimum absolute atomic E-state index is 0.00470. The smallest absolute Gasteiger partial charge is 0.336 e. The van der Waals surface area contributed by atoms with Gasteiger partial charge in [0.15, 0.2) is 35.4 Å². The molecule has 2 aromatic carbocycles. The zero-order valence-electron chi connectivity index (χ0n) is 23.8. The molecule has 44 heavy (non-hydrogen) atoms. The highest BCUT2D eigenvalue weighted by Crippen LogP contribution is 2.37. The van der Waals surface area contributed by atoms with Crippen molar-refractivity contribution in [2.24, 2.45) is 0 Å². The number of hydrogen-bond acceptors (Lipinski definition) is 15. The number of methoxy groups -OCH3 is 2. The summed E-state index contributed by atoms with van der Waals surface area (Å²) in [7, 11) is 2.78. The molecule has 8 atom stereocenters. The number of aliphatic hydroxyl groups is 5. The minimum Gasteiger partial charge on any atom is -0.504 e. The van der Waals surface area contributed by atoms with Crippen LogP contribution in [0.3, 0.4) is 0 Å². The maximum absolute atomic E-state index is 11.8. The van der Waals surface area contributed by atoms with Crippen molar-refractivity contribution in [3.63, 3.8) is 0 Å². The molecule has 0 aliphatic carbocycles. The lowest BCUT2D eigenvalue weighted by Gasteiger charge is -2.42. The van der Waals surface area contributed by atoms with Crippen LogP contribution in [0.5, 0.6) is 23.0 Å². The summed E-state index contributed by atoms with van der Waals surface area (Å²) < 4.78 is 44.3. The molecule has 3 aromatic rings. The van der Waals surface area contributed by atoms with Gasteiger partial charge in [-0.15, -0.1) is 0 Å². The van der Waals surface area contributed by atoms with Crippen LogP contribution in [0.2, 0.25) is 0 Å². The van der Waals surface area contributed by atoms with Crippen LogP contribution in [0.25, 0.3) is 11.0 Å². The van der Waals surface area contributed by atoms with Crippen LogP contribution in [0.4, 0.5) is 0 Å². The van der Waals surface area contributed by atoms with E-state index < -0.39 is 67.5 Å². The SMILES string of the molecule is COc1cc(COC[C@@]2(O)CO[C@@H](O[C@H]3[C@H](Oc4cc5oc(=O)ccc5cc4OC)O[C@H](CO)[C@@H](O)[C@@H]3O)[C@@H]2O)ccc1O. The maximum Gasteiger partial charge on any atom is 0.336 e. The highest BCUT2D eigenvalue weighted by molar-refractivity contribution is 5.80. The van der Waals surface area contributed by atoms with Gasteiger partial charge >= 0.3 is 5.63 Å². The summed E-state index contributed by atoms with van der Waals surface area (Å²) in [5.74, 6) is 0.400. The Bertz CT molecular complexity index is 1490. The lowest BCUT2D eigenvalue weighted by atomic mass is 9.98. The Labute approximate surface area is 250 Å². The third kappa shape index (κ3) is 6.46. The van der Waals surface area contributed by atoms with E-state index >= 15 is 0 Å². The van der Waals surface area contributed by atoms with E-state index in [0.717, 1.165) is 0 Å². The van der Waals surface area contributed by atoms with Gasteiger partial charge < -0.3 is 68.2 Å². The number of aliphatic hydroxyl groups excluding tert-OH is 4. The molecule has 6 N–H and O–H groups in total. The second kappa shape index (κ2) is 13.2. The summed E-state index contributed by atoms with van der Waals surface area (Å²) in [6.45, 7) is -1.46. The normalized spacial score (nSPS) is 30.4. The first-order valence-corrected chi connectivity index (χ1v) is 13.6. The highest BCUT2D eigenvalue weighted by atomic mass is 16.8. The molecule has 2 saturated heterocycles. The average molecular weight is 623 g/mol. The van der Waals surface area contributed by atoms with E-state index in [1.165, 1.54) is 38.5 Å². The van der Waals surface area contributed by atoms with E-state index in [9.17, 15) is 35.4 Å². The Hall–Kier alpha value is -3.51. The van der Waals surface area contributed by atoms with Gasteiger partial charge in [0, 0.05) is 17.5 Å². The molecule has 1 aromatic heterocycles. The molecule has 15 nitrogen and oxygen atoms in total. The molecule has 0 saturated carbocycles. The topological polar surface area (TPSA) is 216 Å². The van der Waals surface area contributed by atoms with Crippen LogP contribution >= 0.6 is 0 Å². The van der Waals surface area contributed by atoms with Gasteiger partial charge in [-0.1, -0.05) is 6.07 Å². The van der Waals surface area contributed by atoms with E-state index in [2.05, 4.69) is 0 Å². The van der Waals surface area contributed by atoms with Gasteiger partial charge in [0.1, 0.15) is 35.6 Å². The number of fused-ring (bicyclic) bond motifs is 1. The summed E-state index contributed by atoms with van der Waals surface area (Å²) in [5, 5.41) is 63.5. The standard InChI is InChI=1S/C29H34O15/c1-37-18-7-14(3-5-16(18)31)11-39-12-29(36)13-40-28(26(29)35)44-25-24(34)23(33)21(10-30)43-27(25)42-20-9-17-15(8-19(20)38-2)4-6-22(32)41-17/h3-9,21,23-28,30-31,33-36H,10-13H2,1-2H3/t21-,23-,24+,25-,26+,27-,28+,29-/m1/s1. The van der Waals surface area contributed by atoms with Crippen molar-refractivity contribution in [1.29, 1.82) is 0 Å². The molecule has 0 unspecified atom stereocenters. The first-order valence-electron chi connectivity index (χ1n) is 13.6. The number of hydrogen-bond donors (Lipinski definition) is 6. The Kier molecular flexibility index (Phi) is 9.59. The van der Waals surface area contributed by atoms with E-state index in [0.29, 0.717) is 10.9 Å². The van der Waals surface area contributed by atoms with Gasteiger partial charge in [0.25, 0.3) is 0 Å². The Balaban J connectivity index is 1.31. The first-order chi connectivity index (χ1) is 21.1. The predicted molar refractivity (Wildman–Crippen MR) is 147 cm³/mol. The van der Waals surface area contributed by atoms with Gasteiger partial charge in [-0.25, -0.2) is 4.79 Å². The molecule has 3 heterocycles. The van der Waals surface area contributed by atoms with Crippen molar-refractivity contribution in [1.82, 2.24) is 0 Å². The van der Waals surface area contributed by atoms with Crippen molar-refractivity contribution in [2.75, 3.05) is 34.0 Å². The predicted octanol–water partition coefficient (Wildman–Crippen LogP) is -0.616. The molecule has 0 amide bonds. The number of rotatable bonds is 11. The Morgan fingerprint density at radius 3 is 2.45 bits per heavy atom. The first kappa shape index (κ1) is 31.9. The molecule has 0 bridgehead atoms. The van der Waals surface area contributed by atoms with Crippen molar-refractivity contribution < 1.29 is 68.2 Å². The van der Waals surface area contributed by atoms with Crippen molar-refractivity contribution in [3.8, 4) is 23.0 Å². The van der Waals surface area contributed by atoms with Crippen LogP contribution < -0.4 is 19.8 Å². The monoisotopic (exact) mass is 622 g/mol. The van der Waals surface area contributed by atoms with Crippen LogP contribution in [0.15, 0.2) is 51.7 Å². The average Bonchev–Trinajstić information content (AvgIpc) is 3.29. The fourth-order valence-corrected chi connectivity index (χ4v) is 4.96. The molecule has 240 valence electrons. The van der Waals surface area contributed by atoms with Crippen LogP contribution in [-0.4, -0.2) is 113 Å². The van der Waals surface area contributed by atoms with E-state index in [-0.39, 0.29) is 41.8 Å². The van der Waals surface area contributed by atoms with Gasteiger partial charge in [0.05, 0.1) is 40.6 Å². The lowest BCUT2D eigenvalue weighted by Crippen LogP contribution is -2.62. The third-order valence-corrected chi connectivity index (χ3v) is 7.44. The number of benzene rings is 2. The van der Waals surface area contributed by atoms with Crippen molar-refractivity contribution in [3.05, 3.63) is 58.4 Å². The summed E-state index contributed by atoms with van der Waals surface area (Å²) in [6, 6.07) is 10.3. The van der Waals surface area contributed by atoms with Crippen LogP contribution in [-0.2, 0) is 25.6 Å². The second-order valence-electron chi connectivity index (χ2n) is 10.4. The third-order valence-electron chi connectivity index (χ3n) is 7.44. The summed E-state index contributed by atoms with van der Waals surface area (Å²) in [4.78, 5) is 11.8. The molecule has 2 aliphatic heterocycles. The van der Waals surface area contributed by atoms with Crippen LogP contribution in [0, 0.1) is 0 Å². The molecular weight excluding hydrogens is 588 g/mol. The number of aromatic hydroxyl groups is 1. The minimum atomic E-state index is -1.92. The maximum atomic E-state index is 11.8. The fraction of sp³-hybridized carbons (Fsp3) is 0.483. The molecule has 5 rings (SSSR count). The zero-order valence-corrected chi connectivity index (χ0v) is 23.8. The van der Waals surface area contributed by atoms with Crippen molar-refractivity contribution >= 4 is 11.0 Å². The Morgan fingerprint density at radius 2 is 1.73 bits per heavy atom. The van der Waals surface area contributed by atoms with Gasteiger partial charge in [0.2, 0.25) is 6.29 Å². The lowest BCUT2D eigenvalue weighted by molar-refractivity contribution is -0.319. The highest BCUT2D eigenvalue weighted by Gasteiger charge is 2.54. The quantitative estimate of drug-likeness (QED) is 0.147. The molecule has 15 heteroatoms. The molecular formula is C29H34O15. The van der Waals surface area contributed by atoms with E-state index in [4.69, 9.17) is 37.6 Å². The molecule has 0 radical (unpaired) electrons. The second-order valence-corrected chi connectivity index (χ2v) is 10.4. The van der Waals surface area contributed by atoms with E-state index in [1.807, 2.05) is 0 Å². The zero-order chi connectivity index (χ0) is 31.6. The number of ether oxygens (including phenoxy) is 7. The molecule has 2 fully saturated rings. The van der Waals surface area contributed by atoms with E-state index in [1.54, 1.807) is 18.2 Å². The summed E-state index contributed by atoms with van der Waals surface area (Å²) >= 11 is 0. The molecule has 2 aliphatic rings. The largest absolute Gasteiger partial charge is 0.504 e. The number of phenolic OH excluding ortho intramolecular Hbond substituents is 1. The van der Waals surface area contributed by atoms with Gasteiger partial charge in [-0.05, 0) is 29.8 Å². The van der Waals surface area contributed by atoms with Gasteiger partial charge in [-0.2, -0.15) is 0 Å².